The minimum atomic E-state index is -0.121. The molecule has 0 spiro atoms. The lowest BCUT2D eigenvalue weighted by Crippen LogP contribution is -2.47. The Labute approximate surface area is 97.3 Å². The second-order valence-corrected chi connectivity index (χ2v) is 4.53. The molecule has 1 aliphatic carbocycles. The maximum absolute atomic E-state index is 11.8. The minimum absolute atomic E-state index is 0.0292. The van der Waals surface area contributed by atoms with Gasteiger partial charge in [0.05, 0.1) is 6.61 Å². The third-order valence-corrected chi connectivity index (χ3v) is 2.92. The van der Waals surface area contributed by atoms with E-state index in [0.29, 0.717) is 19.2 Å². The van der Waals surface area contributed by atoms with Gasteiger partial charge in [0.2, 0.25) is 0 Å². The van der Waals surface area contributed by atoms with Gasteiger partial charge < -0.3 is 20.7 Å². The third kappa shape index (κ3) is 4.37. The quantitative estimate of drug-likeness (QED) is 0.723. The first-order valence-corrected chi connectivity index (χ1v) is 5.89. The number of nitrogens with two attached hydrogens (primary N) is 1. The number of rotatable bonds is 5. The smallest absolute Gasteiger partial charge is 0.317 e. The average Bonchev–Trinajstić information content (AvgIpc) is 2.70. The molecule has 5 nitrogen and oxygen atoms in total. The first kappa shape index (κ1) is 13.3. The highest BCUT2D eigenvalue weighted by Gasteiger charge is 2.19. The van der Waals surface area contributed by atoms with Crippen molar-refractivity contribution in [2.24, 2.45) is 5.73 Å². The van der Waals surface area contributed by atoms with Crippen molar-refractivity contribution < 1.29 is 9.53 Å². The van der Waals surface area contributed by atoms with E-state index < -0.39 is 0 Å². The molecule has 0 aromatic rings. The zero-order valence-electron chi connectivity index (χ0n) is 10.2. The van der Waals surface area contributed by atoms with Crippen molar-refractivity contribution in [3.8, 4) is 0 Å². The van der Waals surface area contributed by atoms with E-state index in [1.165, 1.54) is 12.8 Å². The van der Waals surface area contributed by atoms with E-state index in [2.05, 4.69) is 5.32 Å². The largest absolute Gasteiger partial charge is 0.383 e. The average molecular weight is 229 g/mol. The molecule has 0 aliphatic heterocycles. The Morgan fingerprint density at radius 1 is 1.56 bits per heavy atom. The Kier molecular flexibility index (Phi) is 5.55. The number of likely N-dealkylation sites (N-methyl/N-ethyl adjacent to an activating group) is 1. The SMILES string of the molecule is COCC(N)CN(C)C(=O)NC1CCCC1. The molecule has 1 saturated carbocycles. The highest BCUT2D eigenvalue weighted by Crippen LogP contribution is 2.17. The van der Waals surface area contributed by atoms with Crippen molar-refractivity contribution in [3.05, 3.63) is 0 Å². The van der Waals surface area contributed by atoms with Crippen LogP contribution in [0.15, 0.2) is 0 Å². The molecule has 0 saturated heterocycles. The first-order chi connectivity index (χ1) is 7.63. The molecular weight excluding hydrogens is 206 g/mol. The van der Waals surface area contributed by atoms with Crippen molar-refractivity contribution in [2.45, 2.75) is 37.8 Å². The first-order valence-electron chi connectivity index (χ1n) is 5.89. The molecule has 5 heteroatoms. The summed E-state index contributed by atoms with van der Waals surface area (Å²) < 4.78 is 4.93. The van der Waals surface area contributed by atoms with Crippen molar-refractivity contribution >= 4 is 6.03 Å². The fourth-order valence-electron chi connectivity index (χ4n) is 2.06. The molecule has 1 rings (SSSR count). The minimum Gasteiger partial charge on any atom is -0.383 e. The van der Waals surface area contributed by atoms with Crippen LogP contribution < -0.4 is 11.1 Å². The molecule has 1 unspecified atom stereocenters. The van der Waals surface area contributed by atoms with E-state index in [4.69, 9.17) is 10.5 Å². The van der Waals surface area contributed by atoms with Gasteiger partial charge in [-0.25, -0.2) is 4.79 Å². The lowest BCUT2D eigenvalue weighted by Gasteiger charge is -2.23. The third-order valence-electron chi connectivity index (χ3n) is 2.92. The predicted molar refractivity (Wildman–Crippen MR) is 63.3 cm³/mol. The van der Waals surface area contributed by atoms with Crippen molar-refractivity contribution in [1.29, 1.82) is 0 Å². The van der Waals surface area contributed by atoms with Crippen LogP contribution in [0.1, 0.15) is 25.7 Å². The van der Waals surface area contributed by atoms with E-state index in [9.17, 15) is 4.79 Å². The van der Waals surface area contributed by atoms with E-state index >= 15 is 0 Å². The van der Waals surface area contributed by atoms with Crippen LogP contribution in [0.2, 0.25) is 0 Å². The summed E-state index contributed by atoms with van der Waals surface area (Å²) in [5, 5.41) is 3.02. The van der Waals surface area contributed by atoms with Gasteiger partial charge >= 0.3 is 6.03 Å². The van der Waals surface area contributed by atoms with Gasteiger partial charge in [-0.3, -0.25) is 0 Å². The van der Waals surface area contributed by atoms with Crippen LogP contribution in [0.4, 0.5) is 4.79 Å². The summed E-state index contributed by atoms with van der Waals surface area (Å²) in [6.07, 6.45) is 4.64. The number of nitrogens with zero attached hydrogens (tertiary/aromatic N) is 1. The summed E-state index contributed by atoms with van der Waals surface area (Å²) in [5.41, 5.74) is 5.78. The van der Waals surface area contributed by atoms with E-state index in [0.717, 1.165) is 12.8 Å². The monoisotopic (exact) mass is 229 g/mol. The zero-order valence-corrected chi connectivity index (χ0v) is 10.2. The van der Waals surface area contributed by atoms with Crippen LogP contribution in [0.5, 0.6) is 0 Å². The fraction of sp³-hybridized carbons (Fsp3) is 0.909. The Morgan fingerprint density at radius 3 is 2.75 bits per heavy atom. The maximum Gasteiger partial charge on any atom is 0.317 e. The van der Waals surface area contributed by atoms with Crippen molar-refractivity contribution in [1.82, 2.24) is 10.2 Å². The number of hydrogen-bond acceptors (Lipinski definition) is 3. The van der Waals surface area contributed by atoms with Crippen LogP contribution in [0.3, 0.4) is 0 Å². The molecule has 0 aromatic carbocycles. The molecule has 1 fully saturated rings. The molecule has 0 heterocycles. The Morgan fingerprint density at radius 2 is 2.19 bits per heavy atom. The normalized spacial score (nSPS) is 18.4. The Bertz CT molecular complexity index is 217. The Balaban J connectivity index is 2.23. The number of carbonyl (C=O) groups excluding carboxylic acids is 1. The van der Waals surface area contributed by atoms with Gasteiger partial charge in [0.15, 0.2) is 0 Å². The molecule has 3 N–H and O–H groups in total. The summed E-state index contributed by atoms with van der Waals surface area (Å²) >= 11 is 0. The second kappa shape index (κ2) is 6.70. The fourth-order valence-corrected chi connectivity index (χ4v) is 2.06. The molecule has 0 bridgehead atoms. The van der Waals surface area contributed by atoms with Crippen LogP contribution in [-0.2, 0) is 4.74 Å². The van der Waals surface area contributed by atoms with Gasteiger partial charge in [-0.15, -0.1) is 0 Å². The number of urea groups is 1. The molecule has 0 aromatic heterocycles. The molecular formula is C11H23N3O2. The van der Waals surface area contributed by atoms with Crippen LogP contribution in [-0.4, -0.2) is 50.3 Å². The number of carbonyl (C=O) groups is 1. The number of nitrogens with one attached hydrogen (secondary N) is 1. The number of hydrogen-bond donors (Lipinski definition) is 2. The highest BCUT2D eigenvalue weighted by atomic mass is 16.5. The summed E-state index contributed by atoms with van der Waals surface area (Å²) in [4.78, 5) is 13.4. The lowest BCUT2D eigenvalue weighted by molar-refractivity contribution is 0.159. The van der Waals surface area contributed by atoms with Gasteiger partial charge in [0.1, 0.15) is 0 Å². The number of ether oxygens (including phenoxy) is 1. The van der Waals surface area contributed by atoms with E-state index in [1.807, 2.05) is 0 Å². The number of methoxy groups -OCH3 is 1. The summed E-state index contributed by atoms with van der Waals surface area (Å²) in [6, 6.07) is 0.205. The standard InChI is InChI=1S/C11H23N3O2/c1-14(7-9(12)8-16-2)11(15)13-10-5-3-4-6-10/h9-10H,3-8,12H2,1-2H3,(H,13,15). The van der Waals surface area contributed by atoms with Crippen molar-refractivity contribution in [2.75, 3.05) is 27.3 Å². The number of amides is 2. The van der Waals surface area contributed by atoms with Gasteiger partial charge in [0, 0.05) is 32.8 Å². The van der Waals surface area contributed by atoms with Gasteiger partial charge in [-0.05, 0) is 12.8 Å². The Hall–Kier alpha value is -0.810. The molecule has 2 amide bonds. The van der Waals surface area contributed by atoms with Gasteiger partial charge in [-0.2, -0.15) is 0 Å². The molecule has 0 radical (unpaired) electrons. The summed E-state index contributed by atoms with van der Waals surface area (Å²) in [5.74, 6) is 0. The molecule has 1 atom stereocenters. The van der Waals surface area contributed by atoms with Crippen molar-refractivity contribution in [3.63, 3.8) is 0 Å². The lowest BCUT2D eigenvalue weighted by atomic mass is 10.2. The van der Waals surface area contributed by atoms with Crippen LogP contribution in [0.25, 0.3) is 0 Å². The zero-order chi connectivity index (χ0) is 12.0. The topological polar surface area (TPSA) is 67.6 Å². The molecule has 16 heavy (non-hydrogen) atoms. The van der Waals surface area contributed by atoms with E-state index in [1.54, 1.807) is 19.1 Å². The van der Waals surface area contributed by atoms with Gasteiger partial charge in [0.25, 0.3) is 0 Å². The van der Waals surface area contributed by atoms with Gasteiger partial charge in [-0.1, -0.05) is 12.8 Å². The second-order valence-electron chi connectivity index (χ2n) is 4.53. The maximum atomic E-state index is 11.8. The molecule has 94 valence electrons. The predicted octanol–water partition coefficient (Wildman–Crippen LogP) is 0.544. The summed E-state index contributed by atoms with van der Waals surface area (Å²) in [7, 11) is 3.37. The van der Waals surface area contributed by atoms with E-state index in [-0.39, 0.29) is 12.1 Å². The molecule has 1 aliphatic rings. The highest BCUT2D eigenvalue weighted by molar-refractivity contribution is 5.74. The summed E-state index contributed by atoms with van der Waals surface area (Å²) in [6.45, 7) is 0.993. The van der Waals surface area contributed by atoms with Crippen LogP contribution >= 0.6 is 0 Å². The van der Waals surface area contributed by atoms with Crippen LogP contribution in [0, 0.1) is 0 Å².